The summed E-state index contributed by atoms with van der Waals surface area (Å²) in [6.45, 7) is 3.26. The molecule has 2 aromatic rings. The Morgan fingerprint density at radius 1 is 1.16 bits per heavy atom. The number of aliphatic hydroxyl groups is 4. The minimum atomic E-state index is -1.58. The molecule has 202 valence electrons. The van der Waals surface area contributed by atoms with E-state index in [-0.39, 0.29) is 17.6 Å². The Bertz CT molecular complexity index is 1180. The summed E-state index contributed by atoms with van der Waals surface area (Å²) in [5.41, 5.74) is 2.81. The van der Waals surface area contributed by atoms with E-state index >= 15 is 0 Å². The number of phenolic OH excluding ortho intramolecular Hbond substituents is 1. The molecule has 1 saturated carbocycles. The maximum atomic E-state index is 13.8. The molecular weight excluding hydrogens is 480 g/mol. The molecule has 4 fully saturated rings. The van der Waals surface area contributed by atoms with Crippen LogP contribution in [0.4, 0.5) is 0 Å². The number of aliphatic hydroxyl groups excluding tert-OH is 4. The summed E-state index contributed by atoms with van der Waals surface area (Å²) >= 11 is 0. The van der Waals surface area contributed by atoms with Gasteiger partial charge >= 0.3 is 0 Å². The van der Waals surface area contributed by atoms with E-state index in [0.717, 1.165) is 49.0 Å². The monoisotopic (exact) mass is 516 g/mol. The van der Waals surface area contributed by atoms with Gasteiger partial charge in [-0.25, -0.2) is 0 Å². The van der Waals surface area contributed by atoms with Crippen LogP contribution in [-0.2, 0) is 15.9 Å². The first-order valence-corrected chi connectivity index (χ1v) is 13.4. The van der Waals surface area contributed by atoms with Crippen LogP contribution in [0.15, 0.2) is 18.2 Å². The third-order valence-corrected chi connectivity index (χ3v) is 9.12. The number of hydrogen-bond acceptors (Lipinski definition) is 9. The van der Waals surface area contributed by atoms with E-state index in [1.54, 1.807) is 22.8 Å². The Balaban J connectivity index is 1.36. The number of carbonyl (C=O) groups is 1. The zero-order chi connectivity index (χ0) is 26.0. The van der Waals surface area contributed by atoms with Crippen LogP contribution in [0.25, 0.3) is 10.9 Å². The van der Waals surface area contributed by atoms with Crippen molar-refractivity contribution >= 4 is 16.8 Å². The molecule has 7 rings (SSSR count). The predicted molar refractivity (Wildman–Crippen MR) is 132 cm³/mol. The topological polar surface area (TPSA) is 145 Å². The molecule has 0 radical (unpaired) electrons. The number of hydrogen-bond donors (Lipinski definition) is 5. The molecular formula is C27H36N2O8. The molecule has 5 aliphatic rings. The highest BCUT2D eigenvalue weighted by Crippen LogP contribution is 2.52. The van der Waals surface area contributed by atoms with E-state index in [1.807, 2.05) is 0 Å². The Morgan fingerprint density at radius 2 is 1.97 bits per heavy atom. The average Bonchev–Trinajstić information content (AvgIpc) is 3.17. The van der Waals surface area contributed by atoms with E-state index < -0.39 is 43.9 Å². The van der Waals surface area contributed by atoms with Crippen LogP contribution < -0.4 is 0 Å². The number of phenols is 1. The van der Waals surface area contributed by atoms with E-state index in [0.29, 0.717) is 23.4 Å². The van der Waals surface area contributed by atoms with Crippen molar-refractivity contribution in [3.63, 3.8) is 0 Å². The van der Waals surface area contributed by atoms with Crippen molar-refractivity contribution in [2.75, 3.05) is 26.3 Å². The molecule has 10 atom stereocenters. The van der Waals surface area contributed by atoms with Crippen molar-refractivity contribution in [2.24, 2.45) is 11.8 Å². The summed E-state index contributed by atoms with van der Waals surface area (Å²) in [4.78, 5) is 16.4. The lowest BCUT2D eigenvalue weighted by Gasteiger charge is -2.53. The standard InChI is InChI=1S/C27H36N2O8/c1-2-14-7-13-8-18-22(14)28(10-13)6-5-16-17-9-15(31)3-4-19(17)29(23(16)18)21(32)12-36-27-26(35)25(34)24(33)20(11-30)37-27/h3-4,9,13-14,18,20,22,24-27,30-31,33-35H,2,5-8,10-12H2,1H3/t13-,14-,18+,20?,22?,24+,25-,26?,27-/m0/s1. The lowest BCUT2D eigenvalue weighted by atomic mass is 9.65. The Morgan fingerprint density at radius 3 is 2.73 bits per heavy atom. The van der Waals surface area contributed by atoms with E-state index in [9.17, 15) is 30.3 Å². The molecule has 0 amide bonds. The van der Waals surface area contributed by atoms with Gasteiger partial charge in [-0.15, -0.1) is 0 Å². The number of benzene rings is 1. The maximum absolute atomic E-state index is 13.8. The maximum Gasteiger partial charge on any atom is 0.257 e. The fraction of sp³-hybridized carbons (Fsp3) is 0.667. The number of fused-ring (bicyclic) bond motifs is 4. The minimum absolute atomic E-state index is 0.151. The second-order valence-corrected chi connectivity index (χ2v) is 11.2. The van der Waals surface area contributed by atoms with Gasteiger partial charge < -0.3 is 35.0 Å². The number of piperidine rings is 2. The third kappa shape index (κ3) is 4.01. The van der Waals surface area contributed by atoms with Crippen molar-refractivity contribution in [1.82, 2.24) is 9.47 Å². The van der Waals surface area contributed by atoms with Gasteiger partial charge in [-0.05, 0) is 54.9 Å². The van der Waals surface area contributed by atoms with Gasteiger partial charge in [0.15, 0.2) is 6.29 Å². The zero-order valence-electron chi connectivity index (χ0n) is 20.9. The van der Waals surface area contributed by atoms with Gasteiger partial charge in [0, 0.05) is 36.1 Å². The highest BCUT2D eigenvalue weighted by Gasteiger charge is 2.50. The summed E-state index contributed by atoms with van der Waals surface area (Å²) in [5, 5.41) is 51.1. The van der Waals surface area contributed by atoms with Crippen LogP contribution in [0.2, 0.25) is 0 Å². The molecule has 10 heteroatoms. The lowest BCUT2D eigenvalue weighted by molar-refractivity contribution is -0.298. The molecule has 4 aliphatic heterocycles. The first kappa shape index (κ1) is 25.2. The lowest BCUT2D eigenvalue weighted by Crippen LogP contribution is -2.59. The molecule has 4 bridgehead atoms. The summed E-state index contributed by atoms with van der Waals surface area (Å²) in [7, 11) is 0. The molecule has 4 unspecified atom stereocenters. The summed E-state index contributed by atoms with van der Waals surface area (Å²) in [6, 6.07) is 5.45. The molecule has 0 spiro atoms. The van der Waals surface area contributed by atoms with Gasteiger partial charge in [0.2, 0.25) is 0 Å². The van der Waals surface area contributed by atoms with Crippen LogP contribution in [0.3, 0.4) is 0 Å². The Labute approximate surface area is 215 Å². The molecule has 1 aromatic heterocycles. The summed E-state index contributed by atoms with van der Waals surface area (Å²) in [5.74, 6) is 1.17. The van der Waals surface area contributed by atoms with Gasteiger partial charge in [-0.2, -0.15) is 0 Å². The van der Waals surface area contributed by atoms with Crippen LogP contribution >= 0.6 is 0 Å². The van der Waals surface area contributed by atoms with Crippen molar-refractivity contribution in [1.29, 1.82) is 0 Å². The second kappa shape index (κ2) is 9.60. The van der Waals surface area contributed by atoms with Gasteiger partial charge in [-0.3, -0.25) is 14.3 Å². The number of nitrogens with zero attached hydrogens (tertiary/aromatic N) is 2. The number of carbonyl (C=O) groups excluding carboxylic acids is 1. The van der Waals surface area contributed by atoms with E-state index in [1.165, 1.54) is 6.42 Å². The first-order valence-electron chi connectivity index (χ1n) is 13.4. The van der Waals surface area contributed by atoms with Gasteiger partial charge in [0.1, 0.15) is 36.8 Å². The molecule has 10 nitrogen and oxygen atoms in total. The zero-order valence-corrected chi connectivity index (χ0v) is 20.9. The highest BCUT2D eigenvalue weighted by atomic mass is 16.7. The summed E-state index contributed by atoms with van der Waals surface area (Å²) < 4.78 is 12.8. The predicted octanol–water partition coefficient (Wildman–Crippen LogP) is 0.564. The van der Waals surface area contributed by atoms with Gasteiger partial charge in [0.05, 0.1) is 12.1 Å². The average molecular weight is 517 g/mol. The first-order chi connectivity index (χ1) is 17.8. The van der Waals surface area contributed by atoms with Crippen LogP contribution in [0.1, 0.15) is 48.2 Å². The van der Waals surface area contributed by atoms with Crippen molar-refractivity contribution in [2.45, 2.75) is 75.3 Å². The number of aromatic hydroxyl groups is 1. The van der Waals surface area contributed by atoms with E-state index in [2.05, 4.69) is 11.8 Å². The molecule has 1 aromatic carbocycles. The largest absolute Gasteiger partial charge is 0.508 e. The molecule has 37 heavy (non-hydrogen) atoms. The van der Waals surface area contributed by atoms with Gasteiger partial charge in [-0.1, -0.05) is 13.3 Å². The third-order valence-electron chi connectivity index (χ3n) is 9.12. The molecule has 5 N–H and O–H groups in total. The molecule has 3 saturated heterocycles. The number of rotatable bonds is 5. The SMILES string of the molecule is CC[C@H]1C[C@H]2C[C@H]3c4c(c5cc(O)ccc5n4C(=O)CO[C@H]4OC(CO)[C@@H](O)[C@H](O)C4O)CCN(C2)C13. The van der Waals surface area contributed by atoms with Crippen molar-refractivity contribution in [3.8, 4) is 5.75 Å². The van der Waals surface area contributed by atoms with Crippen LogP contribution in [-0.4, -0.2) is 104 Å². The van der Waals surface area contributed by atoms with Crippen molar-refractivity contribution < 1.29 is 39.8 Å². The van der Waals surface area contributed by atoms with Crippen LogP contribution in [0, 0.1) is 11.8 Å². The number of ether oxygens (including phenoxy) is 2. The van der Waals surface area contributed by atoms with E-state index in [4.69, 9.17) is 9.47 Å². The fourth-order valence-electron chi connectivity index (χ4n) is 7.53. The Hall–Kier alpha value is -2.05. The minimum Gasteiger partial charge on any atom is -0.508 e. The second-order valence-electron chi connectivity index (χ2n) is 11.2. The summed E-state index contributed by atoms with van der Waals surface area (Å²) in [6.07, 6.45) is -3.01. The highest BCUT2D eigenvalue weighted by molar-refractivity contribution is 5.97. The normalized spacial score (nSPS) is 38.9. The van der Waals surface area contributed by atoms with Crippen molar-refractivity contribution in [3.05, 3.63) is 29.5 Å². The van der Waals surface area contributed by atoms with Crippen LogP contribution in [0.5, 0.6) is 5.75 Å². The van der Waals surface area contributed by atoms with Gasteiger partial charge in [0.25, 0.3) is 5.91 Å². The molecule has 1 aliphatic carbocycles. The number of aromatic nitrogens is 1. The quantitative estimate of drug-likeness (QED) is 0.385. The Kier molecular flexibility index (Phi) is 6.55. The smallest absolute Gasteiger partial charge is 0.257 e. The molecule has 5 heterocycles. The fourth-order valence-corrected chi connectivity index (χ4v) is 7.53.